The highest BCUT2D eigenvalue weighted by Gasteiger charge is 2.35. The van der Waals surface area contributed by atoms with Crippen LogP contribution < -0.4 is 5.32 Å². The van der Waals surface area contributed by atoms with Gasteiger partial charge in [0.2, 0.25) is 0 Å². The maximum Gasteiger partial charge on any atom is 0.306 e. The summed E-state index contributed by atoms with van der Waals surface area (Å²) in [5.41, 5.74) is 1.62. The molecule has 0 spiro atoms. The van der Waals surface area contributed by atoms with Gasteiger partial charge in [0.05, 0.1) is 5.92 Å². The summed E-state index contributed by atoms with van der Waals surface area (Å²) in [6.07, 6.45) is 9.94. The summed E-state index contributed by atoms with van der Waals surface area (Å²) in [6.45, 7) is 0.997. The van der Waals surface area contributed by atoms with E-state index in [9.17, 15) is 4.79 Å². The fourth-order valence-corrected chi connectivity index (χ4v) is 4.61. The third kappa shape index (κ3) is 4.12. The van der Waals surface area contributed by atoms with Crippen LogP contribution in [0.25, 0.3) is 0 Å². The molecule has 0 aliphatic heterocycles. The molecule has 2 saturated carbocycles. The normalized spacial score (nSPS) is 26.9. The first-order valence-corrected chi connectivity index (χ1v) is 9.69. The SMILES string of the molecule is O=C(O)C1CCC(NCC2(c3ccc(Cl)cc3)CCCCC2)CC1. The van der Waals surface area contributed by atoms with Gasteiger partial charge in [0.1, 0.15) is 0 Å². The van der Waals surface area contributed by atoms with E-state index in [1.54, 1.807) is 0 Å². The number of carbonyl (C=O) groups is 1. The molecule has 0 heterocycles. The predicted octanol–water partition coefficient (Wildman–Crippen LogP) is 4.77. The molecule has 3 nitrogen and oxygen atoms in total. The third-order valence-corrected chi connectivity index (χ3v) is 6.32. The van der Waals surface area contributed by atoms with E-state index in [4.69, 9.17) is 16.7 Å². The second-order valence-corrected chi connectivity index (χ2v) is 8.05. The summed E-state index contributed by atoms with van der Waals surface area (Å²) in [5, 5.41) is 13.7. The standard InChI is InChI=1S/C20H28ClNO2/c21-17-8-6-16(7-9-17)20(12-2-1-3-13-20)14-22-18-10-4-15(5-11-18)19(23)24/h6-9,15,18,22H,1-5,10-14H2,(H,23,24). The van der Waals surface area contributed by atoms with E-state index in [0.29, 0.717) is 6.04 Å². The number of aliphatic carboxylic acids is 1. The van der Waals surface area contributed by atoms with Gasteiger partial charge in [0.15, 0.2) is 0 Å². The monoisotopic (exact) mass is 349 g/mol. The highest BCUT2D eigenvalue weighted by atomic mass is 35.5. The van der Waals surface area contributed by atoms with E-state index < -0.39 is 5.97 Å². The fraction of sp³-hybridized carbons (Fsp3) is 0.650. The topological polar surface area (TPSA) is 49.3 Å². The first-order valence-electron chi connectivity index (χ1n) is 9.31. The average Bonchev–Trinajstić information content (AvgIpc) is 2.62. The molecule has 0 unspecified atom stereocenters. The lowest BCUT2D eigenvalue weighted by molar-refractivity contribution is -0.142. The second kappa shape index (κ2) is 7.88. The van der Waals surface area contributed by atoms with E-state index in [1.165, 1.54) is 37.7 Å². The number of halogens is 1. The van der Waals surface area contributed by atoms with Crippen LogP contribution in [0.15, 0.2) is 24.3 Å². The summed E-state index contributed by atoms with van der Waals surface area (Å²) in [5.74, 6) is -0.763. The Morgan fingerprint density at radius 2 is 1.71 bits per heavy atom. The summed E-state index contributed by atoms with van der Waals surface area (Å²) in [6, 6.07) is 8.86. The third-order valence-electron chi connectivity index (χ3n) is 6.07. The zero-order valence-electron chi connectivity index (χ0n) is 14.3. The van der Waals surface area contributed by atoms with Gasteiger partial charge in [-0.25, -0.2) is 0 Å². The second-order valence-electron chi connectivity index (χ2n) is 7.62. The van der Waals surface area contributed by atoms with E-state index in [1.807, 2.05) is 12.1 Å². The number of carboxylic acid groups (broad SMARTS) is 1. The van der Waals surface area contributed by atoms with Gasteiger partial charge >= 0.3 is 5.97 Å². The van der Waals surface area contributed by atoms with Crippen LogP contribution in [0.5, 0.6) is 0 Å². The lowest BCUT2D eigenvalue weighted by Gasteiger charge is -2.40. The number of nitrogens with one attached hydrogen (secondary N) is 1. The zero-order valence-corrected chi connectivity index (χ0v) is 15.0. The van der Waals surface area contributed by atoms with Gasteiger partial charge in [0.25, 0.3) is 0 Å². The molecule has 1 aromatic rings. The number of rotatable bonds is 5. The molecular formula is C20H28ClNO2. The lowest BCUT2D eigenvalue weighted by Crippen LogP contribution is -2.45. The molecule has 0 bridgehead atoms. The van der Waals surface area contributed by atoms with Crippen molar-refractivity contribution in [3.8, 4) is 0 Å². The molecule has 0 radical (unpaired) electrons. The molecule has 2 aliphatic rings. The van der Waals surface area contributed by atoms with Gasteiger partial charge in [0, 0.05) is 23.0 Å². The first-order chi connectivity index (χ1) is 11.6. The van der Waals surface area contributed by atoms with Crippen LogP contribution in [0.1, 0.15) is 63.4 Å². The van der Waals surface area contributed by atoms with Crippen LogP contribution in [0.4, 0.5) is 0 Å². The Morgan fingerprint density at radius 3 is 2.29 bits per heavy atom. The first kappa shape index (κ1) is 17.8. The molecule has 132 valence electrons. The molecule has 2 aliphatic carbocycles. The molecular weight excluding hydrogens is 322 g/mol. The summed E-state index contributed by atoms with van der Waals surface area (Å²) in [4.78, 5) is 11.1. The van der Waals surface area contributed by atoms with Crippen molar-refractivity contribution in [3.63, 3.8) is 0 Å². The van der Waals surface area contributed by atoms with Crippen molar-refractivity contribution in [2.75, 3.05) is 6.54 Å². The Hall–Kier alpha value is -1.06. The molecule has 4 heteroatoms. The van der Waals surface area contributed by atoms with Crippen molar-refractivity contribution in [1.29, 1.82) is 0 Å². The summed E-state index contributed by atoms with van der Waals surface area (Å²) >= 11 is 6.07. The number of hydrogen-bond acceptors (Lipinski definition) is 2. The van der Waals surface area contributed by atoms with E-state index in [-0.39, 0.29) is 11.3 Å². The van der Waals surface area contributed by atoms with Gasteiger partial charge in [-0.3, -0.25) is 4.79 Å². The molecule has 2 fully saturated rings. The minimum atomic E-state index is -0.627. The van der Waals surface area contributed by atoms with Gasteiger partial charge in [-0.2, -0.15) is 0 Å². The molecule has 1 aromatic carbocycles. The molecule has 0 amide bonds. The van der Waals surface area contributed by atoms with Crippen LogP contribution in [0.3, 0.4) is 0 Å². The van der Waals surface area contributed by atoms with Crippen LogP contribution in [-0.4, -0.2) is 23.7 Å². The Bertz CT molecular complexity index is 543. The van der Waals surface area contributed by atoms with Crippen molar-refractivity contribution >= 4 is 17.6 Å². The van der Waals surface area contributed by atoms with Gasteiger partial charge in [-0.15, -0.1) is 0 Å². The van der Waals surface area contributed by atoms with Crippen molar-refractivity contribution in [2.45, 2.75) is 69.2 Å². The smallest absolute Gasteiger partial charge is 0.306 e. The average molecular weight is 350 g/mol. The number of carboxylic acids is 1. The maximum absolute atomic E-state index is 11.1. The van der Waals surface area contributed by atoms with E-state index in [0.717, 1.165) is 37.3 Å². The largest absolute Gasteiger partial charge is 0.481 e. The quantitative estimate of drug-likeness (QED) is 0.804. The molecule has 3 rings (SSSR count). The van der Waals surface area contributed by atoms with Crippen molar-refractivity contribution in [2.24, 2.45) is 5.92 Å². The van der Waals surface area contributed by atoms with E-state index >= 15 is 0 Å². The molecule has 0 saturated heterocycles. The Morgan fingerprint density at radius 1 is 1.08 bits per heavy atom. The highest BCUT2D eigenvalue weighted by molar-refractivity contribution is 6.30. The van der Waals surface area contributed by atoms with Gasteiger partial charge < -0.3 is 10.4 Å². The van der Waals surface area contributed by atoms with Crippen molar-refractivity contribution in [1.82, 2.24) is 5.32 Å². The van der Waals surface area contributed by atoms with E-state index in [2.05, 4.69) is 17.4 Å². The molecule has 0 aromatic heterocycles. The number of hydrogen-bond donors (Lipinski definition) is 2. The Kier molecular flexibility index (Phi) is 5.83. The molecule has 0 atom stereocenters. The number of benzene rings is 1. The minimum Gasteiger partial charge on any atom is -0.481 e. The van der Waals surface area contributed by atoms with Crippen LogP contribution in [0, 0.1) is 5.92 Å². The molecule has 2 N–H and O–H groups in total. The van der Waals surface area contributed by atoms with Gasteiger partial charge in [-0.05, 0) is 56.2 Å². The van der Waals surface area contributed by atoms with Crippen molar-refractivity contribution in [3.05, 3.63) is 34.9 Å². The summed E-state index contributed by atoms with van der Waals surface area (Å²) < 4.78 is 0. The lowest BCUT2D eigenvalue weighted by atomic mass is 9.69. The highest BCUT2D eigenvalue weighted by Crippen LogP contribution is 2.39. The predicted molar refractivity (Wildman–Crippen MR) is 97.6 cm³/mol. The van der Waals surface area contributed by atoms with Crippen LogP contribution in [-0.2, 0) is 10.2 Å². The van der Waals surface area contributed by atoms with Crippen molar-refractivity contribution < 1.29 is 9.90 Å². The van der Waals surface area contributed by atoms with Gasteiger partial charge in [-0.1, -0.05) is 43.0 Å². The zero-order chi connectivity index (χ0) is 17.0. The Labute approximate surface area is 149 Å². The van der Waals surface area contributed by atoms with Crippen LogP contribution in [0.2, 0.25) is 5.02 Å². The van der Waals surface area contributed by atoms with Crippen LogP contribution >= 0.6 is 11.6 Å². The maximum atomic E-state index is 11.1. The minimum absolute atomic E-state index is 0.136. The Balaban J connectivity index is 1.63. The fourth-order valence-electron chi connectivity index (χ4n) is 4.48. The summed E-state index contributed by atoms with van der Waals surface area (Å²) in [7, 11) is 0. The molecule has 24 heavy (non-hydrogen) atoms.